The first-order valence-electron chi connectivity index (χ1n) is 12.1. The summed E-state index contributed by atoms with van der Waals surface area (Å²) < 4.78 is 7.17. The minimum Gasteiger partial charge on any atom is -0.388 e. The van der Waals surface area contributed by atoms with Crippen LogP contribution >= 0.6 is 0 Å². The SMILES string of the molecule is CN(C)[C@H]1C[C@@]23CC[C@@]4(O2)C(=CC[C@]2(C)C(c5ccc(C#N)cc5)=CCC24)C=C3[C@@H](O)[C@@H]1O. The van der Waals surface area contributed by atoms with E-state index in [1.54, 1.807) is 0 Å². The smallest absolute Gasteiger partial charge is 0.105 e. The van der Waals surface area contributed by atoms with Crippen LogP contribution in [0.2, 0.25) is 0 Å². The molecule has 7 atom stereocenters. The second-order valence-electron chi connectivity index (χ2n) is 11.1. The Bertz CT molecular complexity index is 1140. The van der Waals surface area contributed by atoms with Gasteiger partial charge in [0.25, 0.3) is 0 Å². The number of nitrogens with zero attached hydrogens (tertiary/aromatic N) is 2. The van der Waals surface area contributed by atoms with E-state index in [0.29, 0.717) is 17.9 Å². The molecule has 1 aromatic carbocycles. The predicted molar refractivity (Wildman–Crippen MR) is 126 cm³/mol. The fraction of sp³-hybridized carbons (Fsp3) is 0.536. The third-order valence-corrected chi connectivity index (χ3v) is 9.42. The maximum atomic E-state index is 11.1. The summed E-state index contributed by atoms with van der Waals surface area (Å²) in [6.07, 6.45) is 9.58. The van der Waals surface area contributed by atoms with Gasteiger partial charge in [-0.05, 0) is 80.6 Å². The number of rotatable bonds is 2. The van der Waals surface area contributed by atoms with Gasteiger partial charge < -0.3 is 19.8 Å². The number of hydrogen-bond donors (Lipinski definition) is 2. The van der Waals surface area contributed by atoms with Gasteiger partial charge in [-0.25, -0.2) is 0 Å². The molecule has 2 spiro atoms. The van der Waals surface area contributed by atoms with E-state index in [2.05, 4.69) is 43.4 Å². The van der Waals surface area contributed by atoms with Crippen LogP contribution in [0.15, 0.2) is 53.6 Å². The van der Waals surface area contributed by atoms with Gasteiger partial charge in [-0.2, -0.15) is 5.26 Å². The molecule has 1 unspecified atom stereocenters. The minimum absolute atomic E-state index is 0.0394. The van der Waals surface area contributed by atoms with E-state index in [4.69, 9.17) is 4.74 Å². The van der Waals surface area contributed by atoms with Crippen molar-refractivity contribution in [3.63, 3.8) is 0 Å². The first-order chi connectivity index (χ1) is 15.7. The fourth-order valence-corrected chi connectivity index (χ4v) is 7.67. The van der Waals surface area contributed by atoms with Gasteiger partial charge >= 0.3 is 0 Å². The van der Waals surface area contributed by atoms with Gasteiger partial charge in [-0.1, -0.05) is 37.3 Å². The van der Waals surface area contributed by atoms with Crippen LogP contribution < -0.4 is 0 Å². The lowest BCUT2D eigenvalue weighted by molar-refractivity contribution is -0.161. The van der Waals surface area contributed by atoms with E-state index < -0.39 is 17.8 Å². The zero-order chi connectivity index (χ0) is 23.2. The molecule has 3 aliphatic carbocycles. The molecule has 172 valence electrons. The maximum absolute atomic E-state index is 11.1. The second kappa shape index (κ2) is 6.90. The number of benzene rings is 1. The quantitative estimate of drug-likeness (QED) is 0.729. The van der Waals surface area contributed by atoms with E-state index in [1.165, 1.54) is 16.7 Å². The number of hydrogen-bond acceptors (Lipinski definition) is 5. The molecule has 2 fully saturated rings. The number of allylic oxidation sites excluding steroid dienone is 3. The summed E-state index contributed by atoms with van der Waals surface area (Å²) in [7, 11) is 3.93. The number of fused-ring (bicyclic) bond motifs is 1. The van der Waals surface area contributed by atoms with Gasteiger partial charge in [-0.3, -0.25) is 0 Å². The minimum atomic E-state index is -0.896. The first-order valence-corrected chi connectivity index (χ1v) is 12.1. The Kier molecular flexibility index (Phi) is 4.45. The van der Waals surface area contributed by atoms with Crippen LogP contribution in [0.25, 0.3) is 5.57 Å². The summed E-state index contributed by atoms with van der Waals surface area (Å²) in [6.45, 7) is 2.37. The Hall–Kier alpha value is -2.23. The van der Waals surface area contributed by atoms with Gasteiger partial charge in [0.2, 0.25) is 0 Å². The summed E-state index contributed by atoms with van der Waals surface area (Å²) in [5, 5.41) is 31.1. The molecule has 1 saturated carbocycles. The Morgan fingerprint density at radius 3 is 2.58 bits per heavy atom. The molecule has 0 radical (unpaired) electrons. The van der Waals surface area contributed by atoms with Crippen LogP contribution in [0.4, 0.5) is 0 Å². The highest BCUT2D eigenvalue weighted by Gasteiger charge is 2.67. The van der Waals surface area contributed by atoms with E-state index >= 15 is 0 Å². The van der Waals surface area contributed by atoms with Crippen molar-refractivity contribution in [2.75, 3.05) is 14.1 Å². The fourth-order valence-electron chi connectivity index (χ4n) is 7.67. The summed E-state index contributed by atoms with van der Waals surface area (Å²) >= 11 is 0. The van der Waals surface area contributed by atoms with Gasteiger partial charge in [0.15, 0.2) is 0 Å². The standard InChI is InChI=1S/C28H32N2O3/c1-26-11-10-19-14-21-24(31)25(32)22(30(2)3)15-27(21)12-13-28(19,33-27)23(26)9-8-20(26)18-6-4-17(16-29)5-7-18/h4-8,10,14,22-25,31-32H,9,11-13,15H2,1-3H3/t22-,23?,24+,25+,26+,27+,28+/m0/s1. The van der Waals surface area contributed by atoms with Crippen LogP contribution in [-0.4, -0.2) is 58.7 Å². The molecule has 2 heterocycles. The Morgan fingerprint density at radius 1 is 1.12 bits per heavy atom. The first kappa shape index (κ1) is 21.3. The number of nitriles is 1. The average molecular weight is 445 g/mol. The monoisotopic (exact) mass is 444 g/mol. The number of likely N-dealkylation sites (N-methyl/N-ethyl adjacent to an activating group) is 1. The average Bonchev–Trinajstić information content (AvgIpc) is 3.32. The number of aliphatic hydroxyl groups is 2. The van der Waals surface area contributed by atoms with Crippen molar-refractivity contribution in [1.29, 1.82) is 5.26 Å². The molecule has 5 nitrogen and oxygen atoms in total. The van der Waals surface area contributed by atoms with Crippen molar-refractivity contribution in [2.45, 2.75) is 68.5 Å². The molecule has 2 bridgehead atoms. The highest BCUT2D eigenvalue weighted by molar-refractivity contribution is 5.75. The molecule has 0 amide bonds. The Balaban J connectivity index is 1.41. The highest BCUT2D eigenvalue weighted by Crippen LogP contribution is 2.67. The zero-order valence-corrected chi connectivity index (χ0v) is 19.6. The van der Waals surface area contributed by atoms with Crippen molar-refractivity contribution >= 4 is 5.57 Å². The van der Waals surface area contributed by atoms with Crippen LogP contribution in [-0.2, 0) is 4.74 Å². The lowest BCUT2D eigenvalue weighted by atomic mass is 9.58. The second-order valence-corrected chi connectivity index (χ2v) is 11.1. The lowest BCUT2D eigenvalue weighted by Gasteiger charge is -2.55. The third-order valence-electron chi connectivity index (χ3n) is 9.42. The van der Waals surface area contributed by atoms with Crippen LogP contribution in [0.5, 0.6) is 0 Å². The van der Waals surface area contributed by atoms with E-state index in [-0.39, 0.29) is 17.1 Å². The van der Waals surface area contributed by atoms with Gasteiger partial charge in [0.1, 0.15) is 6.10 Å². The van der Waals surface area contributed by atoms with Crippen molar-refractivity contribution in [3.05, 3.63) is 64.8 Å². The normalized spacial score (nSPS) is 43.1. The summed E-state index contributed by atoms with van der Waals surface area (Å²) in [5.41, 5.74) is 4.40. The topological polar surface area (TPSA) is 76.7 Å². The van der Waals surface area contributed by atoms with E-state index in [9.17, 15) is 15.5 Å². The zero-order valence-electron chi connectivity index (χ0n) is 19.6. The third kappa shape index (κ3) is 2.67. The van der Waals surface area contributed by atoms with Crippen molar-refractivity contribution < 1.29 is 14.9 Å². The highest BCUT2D eigenvalue weighted by atomic mass is 16.5. The number of ether oxygens (including phenoxy) is 1. The van der Waals surface area contributed by atoms with Gasteiger partial charge in [0, 0.05) is 17.4 Å². The molecular weight excluding hydrogens is 412 g/mol. The van der Waals surface area contributed by atoms with Crippen LogP contribution in [0.3, 0.4) is 0 Å². The molecule has 33 heavy (non-hydrogen) atoms. The summed E-state index contributed by atoms with van der Waals surface area (Å²) in [4.78, 5) is 2.02. The van der Waals surface area contributed by atoms with E-state index in [0.717, 1.165) is 31.3 Å². The van der Waals surface area contributed by atoms with Crippen LogP contribution in [0.1, 0.15) is 50.2 Å². The van der Waals surface area contributed by atoms with Crippen molar-refractivity contribution in [1.82, 2.24) is 4.90 Å². The molecule has 5 aliphatic rings. The van der Waals surface area contributed by atoms with Gasteiger partial charge in [-0.15, -0.1) is 0 Å². The lowest BCUT2D eigenvalue weighted by Crippen LogP contribution is -2.61. The molecule has 0 aromatic heterocycles. The molecular formula is C28H32N2O3. The summed E-state index contributed by atoms with van der Waals surface area (Å²) in [5.74, 6) is 0.328. The van der Waals surface area contributed by atoms with Gasteiger partial charge in [0.05, 0.1) is 28.9 Å². The molecule has 2 N–H and O–H groups in total. The largest absolute Gasteiger partial charge is 0.388 e. The Morgan fingerprint density at radius 2 is 1.88 bits per heavy atom. The maximum Gasteiger partial charge on any atom is 0.105 e. The molecule has 2 aliphatic heterocycles. The van der Waals surface area contributed by atoms with Crippen molar-refractivity contribution in [3.8, 4) is 6.07 Å². The molecule has 5 heteroatoms. The van der Waals surface area contributed by atoms with E-state index in [1.807, 2.05) is 31.1 Å². The summed E-state index contributed by atoms with van der Waals surface area (Å²) in [6, 6.07) is 10.0. The van der Waals surface area contributed by atoms with Crippen molar-refractivity contribution in [2.24, 2.45) is 11.3 Å². The molecule has 1 aromatic rings. The molecule has 1 saturated heterocycles. The number of aliphatic hydroxyl groups excluding tert-OH is 2. The van der Waals surface area contributed by atoms with Crippen LogP contribution in [0, 0.1) is 22.7 Å². The Labute approximate surface area is 195 Å². The predicted octanol–water partition coefficient (Wildman–Crippen LogP) is 3.58. The molecule has 6 rings (SSSR count).